The highest BCUT2D eigenvalue weighted by Gasteiger charge is 2.37. The molecule has 1 spiro atoms. The third-order valence-electron chi connectivity index (χ3n) is 5.25. The number of benzene rings is 2. The highest BCUT2D eigenvalue weighted by molar-refractivity contribution is 8.47. The molecule has 2 aromatic rings. The van der Waals surface area contributed by atoms with Gasteiger partial charge < -0.3 is 0 Å². The Balaban J connectivity index is 1.58. The van der Waals surface area contributed by atoms with Gasteiger partial charge in [0.15, 0.2) is 2.74 Å². The van der Waals surface area contributed by atoms with Gasteiger partial charge in [0.1, 0.15) is 0 Å². The van der Waals surface area contributed by atoms with Gasteiger partial charge in [-0.25, -0.2) is 0 Å². The monoisotopic (exact) mass is 404 g/mol. The number of fused-ring (bicyclic) bond motifs is 2. The number of aryl methyl sites for hydroxylation is 4. The van der Waals surface area contributed by atoms with Crippen molar-refractivity contribution in [1.82, 2.24) is 0 Å². The van der Waals surface area contributed by atoms with Crippen LogP contribution in [0.1, 0.15) is 44.5 Å². The van der Waals surface area contributed by atoms with Gasteiger partial charge in [-0.3, -0.25) is 0 Å². The molecule has 0 nitrogen and oxygen atoms in total. The van der Waals surface area contributed by atoms with E-state index in [1.165, 1.54) is 22.3 Å². The summed E-state index contributed by atoms with van der Waals surface area (Å²) in [6.07, 6.45) is 0. The Kier molecular flexibility index (Phi) is 5.18. The minimum atomic E-state index is 0.224. The van der Waals surface area contributed by atoms with Crippen LogP contribution in [0.15, 0.2) is 24.3 Å². The van der Waals surface area contributed by atoms with Crippen LogP contribution in [-0.4, -0.2) is 2.74 Å². The highest BCUT2D eigenvalue weighted by Crippen LogP contribution is 2.61. The van der Waals surface area contributed by atoms with E-state index in [-0.39, 0.29) is 2.74 Å². The summed E-state index contributed by atoms with van der Waals surface area (Å²) in [4.78, 5) is 0. The standard InChI is InChI=1S/C21H24S4/c1-13-5-17-9-22-21(23-10-18(17)6-14(13)2)24-11-19-7-15(3)16(4)8-20(19)12-25-21/h5-8H,9-12H2,1-4H3. The smallest absolute Gasteiger partial charge is 0.118 e. The molecule has 4 heteroatoms. The van der Waals surface area contributed by atoms with Crippen molar-refractivity contribution in [1.29, 1.82) is 0 Å². The van der Waals surface area contributed by atoms with Crippen LogP contribution >= 0.6 is 47.0 Å². The van der Waals surface area contributed by atoms with Crippen molar-refractivity contribution in [2.75, 3.05) is 0 Å². The summed E-state index contributed by atoms with van der Waals surface area (Å²) in [5.41, 5.74) is 11.9. The molecule has 0 saturated carbocycles. The molecule has 0 amide bonds. The summed E-state index contributed by atoms with van der Waals surface area (Å²) in [5.74, 6) is 4.55. The molecule has 0 atom stereocenters. The first kappa shape index (κ1) is 18.2. The Labute approximate surface area is 168 Å². The second-order valence-electron chi connectivity index (χ2n) is 7.07. The molecule has 0 N–H and O–H groups in total. The maximum atomic E-state index is 2.42. The van der Waals surface area contributed by atoms with Crippen molar-refractivity contribution in [3.63, 3.8) is 0 Å². The van der Waals surface area contributed by atoms with Gasteiger partial charge >= 0.3 is 0 Å². The van der Waals surface area contributed by atoms with E-state index in [1.54, 1.807) is 22.3 Å². The topological polar surface area (TPSA) is 0 Å². The molecular weight excluding hydrogens is 380 g/mol. The Morgan fingerprint density at radius 1 is 0.520 bits per heavy atom. The minimum Gasteiger partial charge on any atom is -0.118 e. The van der Waals surface area contributed by atoms with Gasteiger partial charge in [0, 0.05) is 23.0 Å². The summed E-state index contributed by atoms with van der Waals surface area (Å²) < 4.78 is 0.224. The first-order chi connectivity index (χ1) is 12.0. The molecule has 132 valence electrons. The normalized spacial score (nSPS) is 19.0. The van der Waals surface area contributed by atoms with Crippen LogP contribution in [0, 0.1) is 27.7 Å². The molecule has 2 aliphatic rings. The molecule has 0 unspecified atom stereocenters. The Bertz CT molecular complexity index is 686. The van der Waals surface area contributed by atoms with Crippen LogP contribution in [0.5, 0.6) is 0 Å². The van der Waals surface area contributed by atoms with Gasteiger partial charge in [-0.05, 0) is 72.2 Å². The van der Waals surface area contributed by atoms with E-state index >= 15 is 0 Å². The van der Waals surface area contributed by atoms with E-state index in [2.05, 4.69) is 99.0 Å². The molecule has 2 heterocycles. The molecule has 0 saturated heterocycles. The molecule has 25 heavy (non-hydrogen) atoms. The first-order valence-corrected chi connectivity index (χ1v) is 12.6. The van der Waals surface area contributed by atoms with Crippen molar-refractivity contribution >= 4 is 47.0 Å². The van der Waals surface area contributed by atoms with Crippen LogP contribution < -0.4 is 0 Å². The van der Waals surface area contributed by atoms with Crippen molar-refractivity contribution in [3.05, 3.63) is 68.8 Å². The van der Waals surface area contributed by atoms with E-state index in [4.69, 9.17) is 0 Å². The Morgan fingerprint density at radius 2 is 0.760 bits per heavy atom. The van der Waals surface area contributed by atoms with Crippen LogP contribution in [0.4, 0.5) is 0 Å². The van der Waals surface area contributed by atoms with Gasteiger partial charge in [-0.2, -0.15) is 0 Å². The van der Waals surface area contributed by atoms with Gasteiger partial charge in [0.05, 0.1) is 0 Å². The first-order valence-electron chi connectivity index (χ1n) is 8.69. The second-order valence-corrected chi connectivity index (χ2v) is 13.4. The summed E-state index contributed by atoms with van der Waals surface area (Å²) in [5, 5.41) is 0. The fourth-order valence-corrected chi connectivity index (χ4v) is 9.85. The van der Waals surface area contributed by atoms with Crippen molar-refractivity contribution in [3.8, 4) is 0 Å². The lowest BCUT2D eigenvalue weighted by Crippen LogP contribution is -2.08. The SMILES string of the molecule is Cc1cc2c(cc1C)CSC1(SC2)SCc2cc(C)c(C)cc2CS1. The summed E-state index contributed by atoms with van der Waals surface area (Å²) >= 11 is 8.58. The zero-order chi connectivity index (χ0) is 17.6. The average molecular weight is 405 g/mol. The lowest BCUT2D eigenvalue weighted by molar-refractivity contribution is 1.22. The zero-order valence-corrected chi connectivity index (χ0v) is 18.5. The van der Waals surface area contributed by atoms with E-state index in [0.717, 1.165) is 23.0 Å². The maximum absolute atomic E-state index is 2.42. The fourth-order valence-electron chi connectivity index (χ4n) is 3.32. The molecule has 0 fully saturated rings. The summed E-state index contributed by atoms with van der Waals surface area (Å²) in [6.45, 7) is 8.96. The Morgan fingerprint density at radius 3 is 1.00 bits per heavy atom. The predicted octanol–water partition coefficient (Wildman–Crippen LogP) is 7.19. The minimum absolute atomic E-state index is 0.224. The van der Waals surface area contributed by atoms with Crippen molar-refractivity contribution in [2.45, 2.75) is 53.4 Å². The van der Waals surface area contributed by atoms with Crippen LogP contribution in [0.2, 0.25) is 0 Å². The quantitative estimate of drug-likeness (QED) is 0.455. The van der Waals surface area contributed by atoms with Crippen LogP contribution in [-0.2, 0) is 23.0 Å². The lowest BCUT2D eigenvalue weighted by Gasteiger charge is -2.28. The van der Waals surface area contributed by atoms with Crippen LogP contribution in [0.3, 0.4) is 0 Å². The lowest BCUT2D eigenvalue weighted by atomic mass is 10.0. The fraction of sp³-hybridized carbons (Fsp3) is 0.429. The predicted molar refractivity (Wildman–Crippen MR) is 120 cm³/mol. The Hall–Kier alpha value is -0.160. The third-order valence-corrected chi connectivity index (χ3v) is 12.7. The molecule has 0 aliphatic carbocycles. The number of rotatable bonds is 0. The zero-order valence-electron chi connectivity index (χ0n) is 15.3. The van der Waals surface area contributed by atoms with Crippen molar-refractivity contribution < 1.29 is 0 Å². The highest BCUT2D eigenvalue weighted by atomic mass is 32.3. The van der Waals surface area contributed by atoms with E-state index in [1.807, 2.05) is 0 Å². The molecule has 2 aromatic carbocycles. The van der Waals surface area contributed by atoms with Gasteiger partial charge in [-0.15, -0.1) is 47.0 Å². The van der Waals surface area contributed by atoms with Gasteiger partial charge in [-0.1, -0.05) is 24.3 Å². The van der Waals surface area contributed by atoms with Gasteiger partial charge in [0.25, 0.3) is 0 Å². The molecule has 0 bridgehead atoms. The molecule has 4 rings (SSSR count). The summed E-state index contributed by atoms with van der Waals surface area (Å²) in [7, 11) is 0. The number of thioether (sulfide) groups is 4. The van der Waals surface area contributed by atoms with Crippen molar-refractivity contribution in [2.24, 2.45) is 0 Å². The van der Waals surface area contributed by atoms with E-state index in [9.17, 15) is 0 Å². The molecular formula is C21H24S4. The molecule has 0 radical (unpaired) electrons. The van der Waals surface area contributed by atoms with Gasteiger partial charge in [0.2, 0.25) is 0 Å². The summed E-state index contributed by atoms with van der Waals surface area (Å²) in [6, 6.07) is 9.69. The van der Waals surface area contributed by atoms with Crippen LogP contribution in [0.25, 0.3) is 0 Å². The van der Waals surface area contributed by atoms with E-state index < -0.39 is 0 Å². The number of hydrogen-bond acceptors (Lipinski definition) is 4. The largest absolute Gasteiger partial charge is 0.154 e. The second kappa shape index (κ2) is 7.10. The third kappa shape index (κ3) is 3.65. The molecule has 0 aromatic heterocycles. The average Bonchev–Trinajstić information content (AvgIpc) is 2.86. The van der Waals surface area contributed by atoms with E-state index in [0.29, 0.717) is 0 Å². The molecule has 2 aliphatic heterocycles. The maximum Gasteiger partial charge on any atom is 0.154 e. The number of hydrogen-bond donors (Lipinski definition) is 0.